The molecule has 2 rings (SSSR count). The Morgan fingerprint density at radius 3 is 2.78 bits per heavy atom. The minimum Gasteiger partial charge on any atom is -0.302 e. The van der Waals surface area contributed by atoms with E-state index in [-0.39, 0.29) is 11.3 Å². The highest BCUT2D eigenvalue weighted by molar-refractivity contribution is 5.22. The van der Waals surface area contributed by atoms with Crippen LogP contribution in [-0.2, 0) is 13.6 Å². The first-order valence-electron chi connectivity index (χ1n) is 6.02. The maximum atomic E-state index is 11.9. The monoisotopic (exact) mass is 245 g/mol. The van der Waals surface area contributed by atoms with Gasteiger partial charge in [-0.3, -0.25) is 9.36 Å². The molecule has 18 heavy (non-hydrogen) atoms. The molecule has 0 radical (unpaired) electrons. The highest BCUT2D eigenvalue weighted by atomic mass is 16.2. The molecule has 94 valence electrons. The molecule has 0 amide bonds. The molecule has 1 aliphatic carbocycles. The van der Waals surface area contributed by atoms with Crippen LogP contribution in [0.25, 0.3) is 0 Å². The first-order valence-corrected chi connectivity index (χ1v) is 6.02. The Bertz CT molecular complexity index is 644. The van der Waals surface area contributed by atoms with Crippen molar-refractivity contribution in [2.24, 2.45) is 7.05 Å². The van der Waals surface area contributed by atoms with E-state index >= 15 is 0 Å². The number of aromatic nitrogens is 2. The summed E-state index contributed by atoms with van der Waals surface area (Å²) in [6, 6.07) is 1.83. The summed E-state index contributed by atoms with van der Waals surface area (Å²) >= 11 is 0. The van der Waals surface area contributed by atoms with E-state index in [1.165, 1.54) is 10.8 Å². The Hall–Kier alpha value is -2.09. The molecule has 5 nitrogen and oxygen atoms in total. The molecule has 0 unspecified atom stereocenters. The van der Waals surface area contributed by atoms with Crippen molar-refractivity contribution >= 4 is 0 Å². The maximum absolute atomic E-state index is 11.9. The number of hydrogen-bond acceptors (Lipinski definition) is 3. The van der Waals surface area contributed by atoms with E-state index in [1.54, 1.807) is 7.05 Å². The van der Waals surface area contributed by atoms with Gasteiger partial charge in [0.2, 0.25) is 0 Å². The number of hydrogen-bond donors (Lipinski definition) is 0. The van der Waals surface area contributed by atoms with Crippen LogP contribution in [0.5, 0.6) is 0 Å². The molecule has 1 aliphatic rings. The van der Waals surface area contributed by atoms with Gasteiger partial charge in [-0.1, -0.05) is 11.6 Å². The average Bonchev–Trinajstić information content (AvgIpc) is 2.40. The molecule has 5 heteroatoms. The predicted molar refractivity (Wildman–Crippen MR) is 67.2 cm³/mol. The number of nitriles is 1. The Morgan fingerprint density at radius 2 is 2.17 bits per heavy atom. The van der Waals surface area contributed by atoms with Crippen molar-refractivity contribution in [1.29, 1.82) is 5.26 Å². The smallest absolute Gasteiger partial charge is 0.302 e. The van der Waals surface area contributed by atoms with Gasteiger partial charge < -0.3 is 4.57 Å². The Kier molecular flexibility index (Phi) is 3.47. The molecule has 0 aromatic carbocycles. The number of allylic oxidation sites excluding steroid dienone is 2. The second kappa shape index (κ2) is 5.05. The summed E-state index contributed by atoms with van der Waals surface area (Å²) in [5, 5.41) is 8.87. The average molecular weight is 245 g/mol. The number of aryl methyl sites for hydroxylation is 1. The third-order valence-corrected chi connectivity index (χ3v) is 3.20. The van der Waals surface area contributed by atoms with Crippen LogP contribution in [0.1, 0.15) is 31.2 Å². The first kappa shape index (κ1) is 12.4. The highest BCUT2D eigenvalue weighted by Gasteiger charge is 2.12. The fraction of sp³-hybridized carbons (Fsp3) is 0.462. The number of nitrogens with zero attached hydrogens (tertiary/aromatic N) is 3. The van der Waals surface area contributed by atoms with E-state index in [0.29, 0.717) is 6.54 Å². The van der Waals surface area contributed by atoms with Gasteiger partial charge in [0.15, 0.2) is 0 Å². The van der Waals surface area contributed by atoms with Gasteiger partial charge in [0.1, 0.15) is 11.6 Å². The normalized spacial score (nSPS) is 15.0. The second-order valence-corrected chi connectivity index (χ2v) is 4.55. The van der Waals surface area contributed by atoms with Gasteiger partial charge in [-0.25, -0.2) is 4.79 Å². The lowest BCUT2D eigenvalue weighted by Gasteiger charge is -2.14. The zero-order valence-corrected chi connectivity index (χ0v) is 10.3. The third kappa shape index (κ3) is 2.28. The molecule has 0 aliphatic heterocycles. The Labute approximate surface area is 105 Å². The van der Waals surface area contributed by atoms with Crippen molar-refractivity contribution < 1.29 is 0 Å². The van der Waals surface area contributed by atoms with Crippen LogP contribution in [0.4, 0.5) is 0 Å². The van der Waals surface area contributed by atoms with Crippen LogP contribution < -0.4 is 11.2 Å². The zero-order valence-electron chi connectivity index (χ0n) is 10.3. The van der Waals surface area contributed by atoms with Crippen LogP contribution in [0.15, 0.2) is 27.4 Å². The van der Waals surface area contributed by atoms with Crippen molar-refractivity contribution in [2.75, 3.05) is 0 Å². The maximum Gasteiger partial charge on any atom is 0.331 e. The Morgan fingerprint density at radius 1 is 1.39 bits per heavy atom. The Balaban J connectivity index is 2.47. The summed E-state index contributed by atoms with van der Waals surface area (Å²) in [5.74, 6) is 0. The quantitative estimate of drug-likeness (QED) is 0.727. The lowest BCUT2D eigenvalue weighted by molar-refractivity contribution is 0.590. The summed E-state index contributed by atoms with van der Waals surface area (Å²) in [6.07, 6.45) is 7.56. The number of rotatable bonds is 2. The fourth-order valence-corrected chi connectivity index (χ4v) is 2.19. The van der Waals surface area contributed by atoms with Gasteiger partial charge in [-0.15, -0.1) is 0 Å². The highest BCUT2D eigenvalue weighted by Crippen LogP contribution is 2.17. The van der Waals surface area contributed by atoms with E-state index in [9.17, 15) is 9.59 Å². The summed E-state index contributed by atoms with van der Waals surface area (Å²) in [7, 11) is 1.55. The molecule has 0 saturated heterocycles. The minimum atomic E-state index is -0.493. The molecule has 1 heterocycles. The van der Waals surface area contributed by atoms with E-state index in [4.69, 9.17) is 5.26 Å². The largest absolute Gasteiger partial charge is 0.331 e. The van der Waals surface area contributed by atoms with E-state index < -0.39 is 5.56 Å². The first-order chi connectivity index (χ1) is 8.63. The standard InChI is InChI=1S/C13H15N3O2/c1-15-9-11(7-14)12(17)16(13(15)18)8-10-5-3-2-4-6-10/h5,9H,2-4,6,8H2,1H3. The van der Waals surface area contributed by atoms with Crippen molar-refractivity contribution in [3.8, 4) is 6.07 Å². The van der Waals surface area contributed by atoms with Crippen LogP contribution in [0, 0.1) is 11.3 Å². The van der Waals surface area contributed by atoms with Gasteiger partial charge in [0.05, 0.1) is 6.54 Å². The van der Waals surface area contributed by atoms with Gasteiger partial charge in [0.25, 0.3) is 5.56 Å². The van der Waals surface area contributed by atoms with Gasteiger partial charge in [0, 0.05) is 13.2 Å². The predicted octanol–water partition coefficient (Wildman–Crippen LogP) is 0.919. The van der Waals surface area contributed by atoms with Gasteiger partial charge in [-0.2, -0.15) is 5.26 Å². The van der Waals surface area contributed by atoms with E-state index in [1.807, 2.05) is 6.07 Å². The SMILES string of the molecule is Cn1cc(C#N)c(=O)n(CC2=CCCCC2)c1=O. The third-order valence-electron chi connectivity index (χ3n) is 3.20. The van der Waals surface area contributed by atoms with E-state index in [2.05, 4.69) is 6.08 Å². The fourth-order valence-electron chi connectivity index (χ4n) is 2.19. The van der Waals surface area contributed by atoms with Crippen molar-refractivity contribution in [3.63, 3.8) is 0 Å². The van der Waals surface area contributed by atoms with Gasteiger partial charge >= 0.3 is 5.69 Å². The summed E-state index contributed by atoms with van der Waals surface area (Å²) < 4.78 is 2.43. The molecule has 0 atom stereocenters. The van der Waals surface area contributed by atoms with Crippen LogP contribution in [-0.4, -0.2) is 9.13 Å². The van der Waals surface area contributed by atoms with Crippen LogP contribution >= 0.6 is 0 Å². The molecule has 0 bridgehead atoms. The molecule has 1 aromatic rings. The summed E-state index contributed by atoms with van der Waals surface area (Å²) in [4.78, 5) is 23.9. The lowest BCUT2D eigenvalue weighted by atomic mass is 10.00. The molecular weight excluding hydrogens is 230 g/mol. The molecule has 0 spiro atoms. The van der Waals surface area contributed by atoms with Gasteiger partial charge in [-0.05, 0) is 25.7 Å². The van der Waals surface area contributed by atoms with E-state index in [0.717, 1.165) is 35.8 Å². The molecular formula is C13H15N3O2. The zero-order chi connectivity index (χ0) is 13.1. The van der Waals surface area contributed by atoms with Crippen LogP contribution in [0.2, 0.25) is 0 Å². The molecule has 0 fully saturated rings. The molecule has 0 N–H and O–H groups in total. The minimum absolute atomic E-state index is 0.00788. The van der Waals surface area contributed by atoms with Crippen LogP contribution in [0.3, 0.4) is 0 Å². The summed E-state index contributed by atoms with van der Waals surface area (Å²) in [5.41, 5.74) is 0.251. The van der Waals surface area contributed by atoms with Crippen molar-refractivity contribution in [2.45, 2.75) is 32.2 Å². The molecule has 0 saturated carbocycles. The second-order valence-electron chi connectivity index (χ2n) is 4.55. The van der Waals surface area contributed by atoms with Crippen molar-refractivity contribution in [1.82, 2.24) is 9.13 Å². The topological polar surface area (TPSA) is 67.8 Å². The lowest BCUT2D eigenvalue weighted by Crippen LogP contribution is -2.40. The summed E-state index contributed by atoms with van der Waals surface area (Å²) in [6.45, 7) is 0.307. The van der Waals surface area contributed by atoms with Crippen molar-refractivity contribution in [3.05, 3.63) is 44.2 Å². The molecule has 1 aromatic heterocycles.